The highest BCUT2D eigenvalue weighted by atomic mass is 15.1. The third kappa shape index (κ3) is 4.63. The Morgan fingerprint density at radius 2 is 1.84 bits per heavy atom. The molecular formula is C14H19N5. The predicted molar refractivity (Wildman–Crippen MR) is 75.6 cm³/mol. The summed E-state index contributed by atoms with van der Waals surface area (Å²) in [5, 5.41) is 6.48. The van der Waals surface area contributed by atoms with Crippen molar-refractivity contribution in [3.8, 4) is 0 Å². The number of hydrogen-bond acceptors (Lipinski definition) is 5. The maximum absolute atomic E-state index is 4.27. The van der Waals surface area contributed by atoms with Gasteiger partial charge in [-0.25, -0.2) is 9.97 Å². The molecule has 2 N–H and O–H groups in total. The fourth-order valence-corrected chi connectivity index (χ4v) is 1.62. The Labute approximate surface area is 113 Å². The van der Waals surface area contributed by atoms with Crippen LogP contribution in [0.4, 0.5) is 5.95 Å². The van der Waals surface area contributed by atoms with Crippen LogP contribution in [0, 0.1) is 0 Å². The third-order valence-electron chi connectivity index (χ3n) is 2.48. The molecule has 0 fully saturated rings. The van der Waals surface area contributed by atoms with E-state index in [9.17, 15) is 0 Å². The lowest BCUT2D eigenvalue weighted by Crippen LogP contribution is -2.15. The maximum atomic E-state index is 4.27. The van der Waals surface area contributed by atoms with Crippen LogP contribution in [0.2, 0.25) is 0 Å². The summed E-state index contributed by atoms with van der Waals surface area (Å²) in [6.45, 7) is 5.60. The minimum Gasteiger partial charge on any atom is -0.352 e. The van der Waals surface area contributed by atoms with Gasteiger partial charge in [0.2, 0.25) is 5.95 Å². The second-order valence-corrected chi connectivity index (χ2v) is 4.64. The van der Waals surface area contributed by atoms with Crippen LogP contribution in [0.3, 0.4) is 0 Å². The second kappa shape index (κ2) is 6.80. The number of rotatable bonds is 6. The van der Waals surface area contributed by atoms with E-state index < -0.39 is 0 Å². The van der Waals surface area contributed by atoms with Crippen LogP contribution < -0.4 is 10.6 Å². The Morgan fingerprint density at radius 1 is 1.05 bits per heavy atom. The topological polar surface area (TPSA) is 62.7 Å². The summed E-state index contributed by atoms with van der Waals surface area (Å²) in [5.74, 6) is 0.670. The Balaban J connectivity index is 1.80. The molecule has 0 aliphatic carbocycles. The van der Waals surface area contributed by atoms with Gasteiger partial charge in [-0.05, 0) is 26.0 Å². The largest absolute Gasteiger partial charge is 0.352 e. The smallest absolute Gasteiger partial charge is 0.222 e. The van der Waals surface area contributed by atoms with Crippen molar-refractivity contribution in [1.29, 1.82) is 0 Å². The van der Waals surface area contributed by atoms with Crippen LogP contribution in [0.25, 0.3) is 0 Å². The zero-order valence-corrected chi connectivity index (χ0v) is 11.3. The van der Waals surface area contributed by atoms with E-state index in [2.05, 4.69) is 39.4 Å². The van der Waals surface area contributed by atoms with Gasteiger partial charge >= 0.3 is 0 Å². The first-order valence-electron chi connectivity index (χ1n) is 6.42. The molecule has 5 heteroatoms. The molecule has 5 nitrogen and oxygen atoms in total. The molecule has 2 heterocycles. The fourth-order valence-electron chi connectivity index (χ4n) is 1.62. The summed E-state index contributed by atoms with van der Waals surface area (Å²) < 4.78 is 0. The van der Waals surface area contributed by atoms with Gasteiger partial charge in [-0.2, -0.15) is 0 Å². The Hall–Kier alpha value is -2.01. The third-order valence-corrected chi connectivity index (χ3v) is 2.48. The van der Waals surface area contributed by atoms with E-state index in [4.69, 9.17) is 0 Å². The molecule has 2 aromatic rings. The molecule has 19 heavy (non-hydrogen) atoms. The van der Waals surface area contributed by atoms with E-state index in [1.54, 1.807) is 6.20 Å². The quantitative estimate of drug-likeness (QED) is 0.828. The number of nitrogens with one attached hydrogen (secondary N) is 2. The molecule has 0 bridgehead atoms. The fraction of sp³-hybridized carbons (Fsp3) is 0.357. The van der Waals surface area contributed by atoms with Crippen LogP contribution in [-0.2, 0) is 13.1 Å². The highest BCUT2D eigenvalue weighted by Crippen LogP contribution is 2.02. The van der Waals surface area contributed by atoms with E-state index in [0.29, 0.717) is 12.0 Å². The van der Waals surface area contributed by atoms with Crippen molar-refractivity contribution in [2.45, 2.75) is 33.0 Å². The first kappa shape index (κ1) is 13.4. The average Bonchev–Trinajstić information content (AvgIpc) is 2.41. The van der Waals surface area contributed by atoms with E-state index in [0.717, 1.165) is 24.3 Å². The SMILES string of the molecule is CC(C)Nc1ncc(CNCc2ccccn2)cn1. The summed E-state index contributed by atoms with van der Waals surface area (Å²) in [6, 6.07) is 6.24. The summed E-state index contributed by atoms with van der Waals surface area (Å²) in [7, 11) is 0. The zero-order valence-electron chi connectivity index (χ0n) is 11.3. The van der Waals surface area contributed by atoms with E-state index >= 15 is 0 Å². The van der Waals surface area contributed by atoms with Crippen molar-refractivity contribution in [3.63, 3.8) is 0 Å². The Morgan fingerprint density at radius 3 is 2.47 bits per heavy atom. The first-order chi connectivity index (χ1) is 9.24. The summed E-state index contributed by atoms with van der Waals surface area (Å²) in [5.41, 5.74) is 2.09. The monoisotopic (exact) mass is 257 g/mol. The van der Waals surface area contributed by atoms with Crippen molar-refractivity contribution < 1.29 is 0 Å². The molecule has 2 rings (SSSR count). The van der Waals surface area contributed by atoms with Gasteiger partial charge in [-0.3, -0.25) is 4.98 Å². The predicted octanol–water partition coefficient (Wildman–Crippen LogP) is 1.98. The van der Waals surface area contributed by atoms with Gasteiger partial charge in [0.25, 0.3) is 0 Å². The summed E-state index contributed by atoms with van der Waals surface area (Å²) >= 11 is 0. The van der Waals surface area contributed by atoms with Crippen molar-refractivity contribution in [2.75, 3.05) is 5.32 Å². The normalized spacial score (nSPS) is 10.7. The average molecular weight is 257 g/mol. The second-order valence-electron chi connectivity index (χ2n) is 4.64. The van der Waals surface area contributed by atoms with Crippen molar-refractivity contribution in [1.82, 2.24) is 20.3 Å². The molecule has 0 aliphatic rings. The van der Waals surface area contributed by atoms with Gasteiger partial charge < -0.3 is 10.6 Å². The number of hydrogen-bond donors (Lipinski definition) is 2. The first-order valence-corrected chi connectivity index (χ1v) is 6.42. The van der Waals surface area contributed by atoms with Crippen LogP contribution in [-0.4, -0.2) is 21.0 Å². The standard InChI is InChI=1S/C14H19N5/c1-11(2)19-14-17-8-12(9-18-14)7-15-10-13-5-3-4-6-16-13/h3-6,8-9,11,15H,7,10H2,1-2H3,(H,17,18,19). The molecule has 0 unspecified atom stereocenters. The van der Waals surface area contributed by atoms with Gasteiger partial charge in [0, 0.05) is 43.3 Å². The number of anilines is 1. The minimum absolute atomic E-state index is 0.341. The number of nitrogens with zero attached hydrogens (tertiary/aromatic N) is 3. The highest BCUT2D eigenvalue weighted by Gasteiger charge is 1.99. The van der Waals surface area contributed by atoms with Crippen molar-refractivity contribution in [2.24, 2.45) is 0 Å². The molecule has 0 aromatic carbocycles. The molecule has 0 aliphatic heterocycles. The minimum atomic E-state index is 0.341. The molecule has 2 aromatic heterocycles. The molecule has 0 saturated heterocycles. The zero-order chi connectivity index (χ0) is 13.5. The lowest BCUT2D eigenvalue weighted by molar-refractivity contribution is 0.675. The van der Waals surface area contributed by atoms with Crippen molar-refractivity contribution >= 4 is 5.95 Å². The van der Waals surface area contributed by atoms with Crippen LogP contribution in [0.5, 0.6) is 0 Å². The highest BCUT2D eigenvalue weighted by molar-refractivity contribution is 5.25. The van der Waals surface area contributed by atoms with E-state index in [1.807, 2.05) is 30.6 Å². The Bertz CT molecular complexity index is 481. The summed E-state index contributed by atoms with van der Waals surface area (Å²) in [4.78, 5) is 12.8. The molecule has 0 saturated carbocycles. The number of pyridine rings is 1. The molecule has 0 radical (unpaired) electrons. The van der Waals surface area contributed by atoms with Crippen LogP contribution in [0.1, 0.15) is 25.1 Å². The maximum Gasteiger partial charge on any atom is 0.222 e. The molecule has 0 atom stereocenters. The number of aromatic nitrogens is 3. The van der Waals surface area contributed by atoms with Gasteiger partial charge in [0.05, 0.1) is 5.69 Å². The summed E-state index contributed by atoms with van der Waals surface area (Å²) in [6.07, 6.45) is 5.47. The lowest BCUT2D eigenvalue weighted by Gasteiger charge is -2.08. The molecular weight excluding hydrogens is 238 g/mol. The van der Waals surface area contributed by atoms with Gasteiger partial charge in [-0.15, -0.1) is 0 Å². The van der Waals surface area contributed by atoms with E-state index in [-0.39, 0.29) is 0 Å². The van der Waals surface area contributed by atoms with Crippen LogP contribution >= 0.6 is 0 Å². The lowest BCUT2D eigenvalue weighted by atomic mass is 10.3. The van der Waals surface area contributed by atoms with Gasteiger partial charge in [0.1, 0.15) is 0 Å². The Kier molecular flexibility index (Phi) is 4.80. The molecule has 0 spiro atoms. The van der Waals surface area contributed by atoms with Crippen molar-refractivity contribution in [3.05, 3.63) is 48.0 Å². The molecule has 0 amide bonds. The van der Waals surface area contributed by atoms with Gasteiger partial charge in [0.15, 0.2) is 0 Å². The van der Waals surface area contributed by atoms with Crippen LogP contribution in [0.15, 0.2) is 36.8 Å². The van der Waals surface area contributed by atoms with Gasteiger partial charge in [-0.1, -0.05) is 6.07 Å². The van der Waals surface area contributed by atoms with E-state index in [1.165, 1.54) is 0 Å². The molecule has 100 valence electrons.